The number of rotatable bonds is 16. The van der Waals surface area contributed by atoms with Crippen molar-refractivity contribution in [1.29, 1.82) is 0 Å². The van der Waals surface area contributed by atoms with Gasteiger partial charge in [0.15, 0.2) is 25.2 Å². The highest BCUT2D eigenvalue weighted by molar-refractivity contribution is 4.98. The lowest BCUT2D eigenvalue weighted by Crippen LogP contribution is -2.68. The lowest BCUT2D eigenvalue weighted by Gasteiger charge is -2.49. The Morgan fingerprint density at radius 2 is 0.804 bits per heavy atom. The minimum absolute atomic E-state index is 0.0981. The molecule has 22 heteroatoms. The number of nitrogens with two attached hydrogens (primary N) is 1. The predicted octanol–water partition coefficient (Wildman–Crippen LogP) is -8.60. The van der Waals surface area contributed by atoms with E-state index in [-0.39, 0.29) is 6.61 Å². The summed E-state index contributed by atoms with van der Waals surface area (Å²) in [6.07, 6.45) is -33.5. The summed E-state index contributed by atoms with van der Waals surface area (Å²) in [5, 5.41) is 136. The molecule has 4 rings (SSSR count). The highest BCUT2D eigenvalue weighted by Gasteiger charge is 2.56. The minimum atomic E-state index is -2.01. The second-order valence-electron chi connectivity index (χ2n) is 12.8. The van der Waals surface area contributed by atoms with E-state index in [4.69, 9.17) is 43.6 Å². The molecule has 0 unspecified atom stereocenters. The molecule has 15 N–H and O–H groups in total. The van der Waals surface area contributed by atoms with Crippen molar-refractivity contribution in [2.75, 3.05) is 39.6 Å². The van der Waals surface area contributed by atoms with Crippen molar-refractivity contribution >= 4 is 0 Å². The van der Waals surface area contributed by atoms with Gasteiger partial charge in [0.25, 0.3) is 0 Å². The first-order chi connectivity index (χ1) is 24.3. The van der Waals surface area contributed by atoms with Gasteiger partial charge >= 0.3 is 0 Å². The van der Waals surface area contributed by atoms with E-state index in [9.17, 15) is 66.4 Å². The molecule has 0 aliphatic carbocycles. The molecule has 51 heavy (non-hydrogen) atoms. The van der Waals surface area contributed by atoms with Crippen molar-refractivity contribution in [3.8, 4) is 0 Å². The van der Waals surface area contributed by atoms with Crippen LogP contribution >= 0.6 is 0 Å². The maximum absolute atomic E-state index is 11.2. The van der Waals surface area contributed by atoms with Crippen LogP contribution in [0.15, 0.2) is 0 Å². The zero-order valence-electron chi connectivity index (χ0n) is 27.6. The molecule has 4 saturated heterocycles. The summed E-state index contributed by atoms with van der Waals surface area (Å²) in [6, 6.07) is 0. The van der Waals surface area contributed by atoms with Crippen molar-refractivity contribution < 1.29 is 104 Å². The van der Waals surface area contributed by atoms with Gasteiger partial charge in [0.05, 0.1) is 26.4 Å². The summed E-state index contributed by atoms with van der Waals surface area (Å²) in [4.78, 5) is 0. The van der Waals surface area contributed by atoms with E-state index in [1.165, 1.54) is 0 Å². The van der Waals surface area contributed by atoms with E-state index >= 15 is 0 Å². The Kier molecular flexibility index (Phi) is 16.5. The van der Waals surface area contributed by atoms with Crippen LogP contribution in [0.2, 0.25) is 0 Å². The van der Waals surface area contributed by atoms with Gasteiger partial charge in [-0.1, -0.05) is 0 Å². The van der Waals surface area contributed by atoms with Crippen molar-refractivity contribution in [2.24, 2.45) is 5.73 Å². The molecule has 0 amide bonds. The van der Waals surface area contributed by atoms with E-state index in [2.05, 4.69) is 0 Å². The van der Waals surface area contributed by atoms with Gasteiger partial charge < -0.3 is 110 Å². The molecule has 0 radical (unpaired) electrons. The second kappa shape index (κ2) is 19.6. The highest BCUT2D eigenvalue weighted by atomic mass is 16.8. The number of hydrogen-bond acceptors (Lipinski definition) is 22. The number of aliphatic hydroxyl groups excluding tert-OH is 13. The Bertz CT molecular complexity index is 1020. The fourth-order valence-electron chi connectivity index (χ4n) is 6.24. The molecule has 4 heterocycles. The normalized spacial score (nSPS) is 48.1. The average molecular weight is 752 g/mol. The molecule has 0 saturated carbocycles. The maximum atomic E-state index is 11.2. The van der Waals surface area contributed by atoms with Gasteiger partial charge in [-0.15, -0.1) is 0 Å². The third kappa shape index (κ3) is 9.68. The van der Waals surface area contributed by atoms with Crippen LogP contribution in [0.25, 0.3) is 0 Å². The summed E-state index contributed by atoms with van der Waals surface area (Å²) in [5.74, 6) is 0. The maximum Gasteiger partial charge on any atom is 0.187 e. The lowest BCUT2D eigenvalue weighted by atomic mass is 9.95. The Morgan fingerprint density at radius 1 is 0.392 bits per heavy atom. The van der Waals surface area contributed by atoms with Gasteiger partial charge in [-0.2, -0.15) is 0 Å². The quantitative estimate of drug-likeness (QED) is 0.0651. The number of hydrogen-bond donors (Lipinski definition) is 14. The standard InChI is InChI=1S/C29H53NO21/c30-4-2-1-3-5-44-26-22(43)23(17(38)13(9-34)45-26)49-28-25(20(41)16(37)11(7-32)47-28)51-29-24(19(40)15(36)12(8-33)48-29)50-27-21(42)18(39)14(35)10(6-31)46-27/h10-29,31-43H,1-9,30H2/t10-,11-,12-,13-,14-,15-,16-,17-,18+,19+,20+,21+,22+,23+,24+,25+,26-,27-,28-,29-/m1/s1. The fourth-order valence-corrected chi connectivity index (χ4v) is 6.24. The Labute approximate surface area is 292 Å². The molecule has 0 spiro atoms. The Hall–Kier alpha value is -0.880. The third-order valence-corrected chi connectivity index (χ3v) is 9.32. The molecular formula is C29H53NO21. The van der Waals surface area contributed by atoms with Crippen LogP contribution in [0.5, 0.6) is 0 Å². The van der Waals surface area contributed by atoms with Crippen molar-refractivity contribution in [3.63, 3.8) is 0 Å². The summed E-state index contributed by atoms with van der Waals surface area (Å²) in [5.41, 5.74) is 5.50. The molecule has 20 atom stereocenters. The van der Waals surface area contributed by atoms with Gasteiger partial charge in [0, 0.05) is 6.61 Å². The van der Waals surface area contributed by atoms with Crippen molar-refractivity contribution in [2.45, 2.75) is 142 Å². The first-order valence-electron chi connectivity index (χ1n) is 16.8. The SMILES string of the molecule is NCCCCCO[C@@H]1O[C@H](CO)[C@@H](O)[C@H](O[C@H]2O[C@H](CO)[C@@H](O)[C@H](O)[C@@H]2O[C@H]2O[C@H](CO)[C@@H](O)[C@H](O)[C@@H]2O[C@H]2O[C@H](CO)[C@@H](O)[C@H](O)[C@@H]2O)[C@@H]1O. The molecule has 0 bridgehead atoms. The van der Waals surface area contributed by atoms with Gasteiger partial charge in [0.1, 0.15) is 97.7 Å². The van der Waals surface area contributed by atoms with E-state index < -0.39 is 149 Å². The topological polar surface area (TPSA) is 363 Å². The molecule has 0 aromatic carbocycles. The first kappa shape index (κ1) is 42.9. The third-order valence-electron chi connectivity index (χ3n) is 9.32. The lowest BCUT2D eigenvalue weighted by molar-refractivity contribution is -0.403. The zero-order valence-corrected chi connectivity index (χ0v) is 27.6. The van der Waals surface area contributed by atoms with Gasteiger partial charge in [-0.3, -0.25) is 0 Å². The van der Waals surface area contributed by atoms with Crippen LogP contribution in [-0.2, 0) is 37.9 Å². The monoisotopic (exact) mass is 751 g/mol. The zero-order chi connectivity index (χ0) is 37.6. The smallest absolute Gasteiger partial charge is 0.187 e. The summed E-state index contributed by atoms with van der Waals surface area (Å²) in [6.45, 7) is -2.77. The number of unbranched alkanes of at least 4 members (excludes halogenated alkanes) is 2. The van der Waals surface area contributed by atoms with Crippen LogP contribution in [0, 0.1) is 0 Å². The number of ether oxygens (including phenoxy) is 8. The fraction of sp³-hybridized carbons (Fsp3) is 1.00. The molecule has 0 aromatic rings. The van der Waals surface area contributed by atoms with E-state index in [1.807, 2.05) is 0 Å². The van der Waals surface area contributed by atoms with Gasteiger partial charge in [-0.05, 0) is 25.8 Å². The van der Waals surface area contributed by atoms with Crippen LogP contribution < -0.4 is 5.73 Å². The Morgan fingerprint density at radius 3 is 1.29 bits per heavy atom. The van der Waals surface area contributed by atoms with E-state index in [1.54, 1.807) is 0 Å². The predicted molar refractivity (Wildman–Crippen MR) is 161 cm³/mol. The molecule has 22 nitrogen and oxygen atoms in total. The second-order valence-corrected chi connectivity index (χ2v) is 12.8. The largest absolute Gasteiger partial charge is 0.394 e. The molecule has 4 aliphatic heterocycles. The Balaban J connectivity index is 1.60. The van der Waals surface area contributed by atoms with Crippen LogP contribution in [0.1, 0.15) is 19.3 Å². The van der Waals surface area contributed by atoms with E-state index in [0.717, 1.165) is 6.42 Å². The summed E-state index contributed by atoms with van der Waals surface area (Å²) in [7, 11) is 0. The first-order valence-corrected chi connectivity index (χ1v) is 16.8. The van der Waals surface area contributed by atoms with Crippen LogP contribution in [0.3, 0.4) is 0 Å². The van der Waals surface area contributed by atoms with Gasteiger partial charge in [-0.25, -0.2) is 0 Å². The molecular weight excluding hydrogens is 698 g/mol. The van der Waals surface area contributed by atoms with Crippen molar-refractivity contribution in [3.05, 3.63) is 0 Å². The van der Waals surface area contributed by atoms with Gasteiger partial charge in [0.2, 0.25) is 0 Å². The summed E-state index contributed by atoms with van der Waals surface area (Å²) < 4.78 is 45.2. The number of aliphatic hydroxyl groups is 13. The summed E-state index contributed by atoms with van der Waals surface area (Å²) >= 11 is 0. The van der Waals surface area contributed by atoms with Crippen LogP contribution in [-0.4, -0.2) is 229 Å². The molecule has 0 aromatic heterocycles. The molecule has 4 fully saturated rings. The molecule has 300 valence electrons. The minimum Gasteiger partial charge on any atom is -0.394 e. The van der Waals surface area contributed by atoms with Crippen molar-refractivity contribution in [1.82, 2.24) is 0 Å². The average Bonchev–Trinajstić information content (AvgIpc) is 3.12. The van der Waals surface area contributed by atoms with Crippen LogP contribution in [0.4, 0.5) is 0 Å². The highest BCUT2D eigenvalue weighted by Crippen LogP contribution is 2.35. The molecule has 4 aliphatic rings. The van der Waals surface area contributed by atoms with E-state index in [0.29, 0.717) is 19.4 Å².